The van der Waals surface area contributed by atoms with E-state index in [1.807, 2.05) is 33.8 Å². The van der Waals surface area contributed by atoms with Crippen LogP contribution in [0.3, 0.4) is 0 Å². The molecule has 0 spiro atoms. The number of nitrogens with zero attached hydrogens (tertiary/aromatic N) is 4. The van der Waals surface area contributed by atoms with Gasteiger partial charge in [-0.3, -0.25) is 4.90 Å². The maximum Gasteiger partial charge on any atom is 0.153 e. The minimum Gasteiger partial charge on any atom is -0.395 e. The second kappa shape index (κ2) is 9.68. The van der Waals surface area contributed by atoms with Crippen LogP contribution in [-0.4, -0.2) is 69.6 Å². The summed E-state index contributed by atoms with van der Waals surface area (Å²) in [6, 6.07) is 7.82. The van der Waals surface area contributed by atoms with Crippen molar-refractivity contribution in [2.75, 3.05) is 39.5 Å². The van der Waals surface area contributed by atoms with Gasteiger partial charge in [0.25, 0.3) is 0 Å². The summed E-state index contributed by atoms with van der Waals surface area (Å²) in [5.74, 6) is 0.424. The number of para-hydroxylation sites is 1. The average molecular weight is 336 g/mol. The van der Waals surface area contributed by atoms with E-state index < -0.39 is 0 Å². The molecule has 7 nitrogen and oxygen atoms in total. The van der Waals surface area contributed by atoms with Gasteiger partial charge in [-0.1, -0.05) is 31.2 Å². The fraction of sp³-hybridized carbons (Fsp3) is 0.647. The van der Waals surface area contributed by atoms with Gasteiger partial charge >= 0.3 is 0 Å². The summed E-state index contributed by atoms with van der Waals surface area (Å²) >= 11 is 0. The van der Waals surface area contributed by atoms with Crippen molar-refractivity contribution in [3.63, 3.8) is 0 Å². The van der Waals surface area contributed by atoms with Crippen LogP contribution in [0.4, 0.5) is 0 Å². The van der Waals surface area contributed by atoms with E-state index in [2.05, 4.69) is 24.2 Å². The fourth-order valence-corrected chi connectivity index (χ4v) is 2.59. The van der Waals surface area contributed by atoms with Gasteiger partial charge in [0.1, 0.15) is 5.52 Å². The van der Waals surface area contributed by atoms with E-state index in [1.165, 1.54) is 0 Å². The first kappa shape index (κ1) is 18.8. The lowest BCUT2D eigenvalue weighted by Crippen LogP contribution is -2.33. The number of fused-ring (bicyclic) bond motifs is 1. The molecule has 1 aromatic heterocycles. The molecule has 0 amide bonds. The summed E-state index contributed by atoms with van der Waals surface area (Å²) < 4.78 is 7.90. The molecule has 0 saturated carbocycles. The van der Waals surface area contributed by atoms with E-state index in [9.17, 15) is 0 Å². The number of benzene rings is 1. The van der Waals surface area contributed by atoms with Crippen LogP contribution in [0.2, 0.25) is 0 Å². The maximum atomic E-state index is 9.15. The van der Waals surface area contributed by atoms with Crippen molar-refractivity contribution in [2.24, 2.45) is 5.92 Å². The Morgan fingerprint density at radius 2 is 1.83 bits per heavy atom. The predicted octanol–water partition coefficient (Wildman–Crippen LogP) is 1.28. The van der Waals surface area contributed by atoms with Gasteiger partial charge in [-0.25, -0.2) is 4.68 Å². The first-order chi connectivity index (χ1) is 11.7. The summed E-state index contributed by atoms with van der Waals surface area (Å²) in [6.07, 6.45) is 0.486. The molecule has 0 aliphatic carbocycles. The highest BCUT2D eigenvalue weighted by atomic mass is 16.5. The van der Waals surface area contributed by atoms with Crippen LogP contribution in [0.25, 0.3) is 11.0 Å². The quantitative estimate of drug-likeness (QED) is 0.643. The number of aliphatic hydroxyl groups excluding tert-OH is 2. The number of hydrogen-bond acceptors (Lipinski definition) is 6. The molecule has 1 heterocycles. The molecule has 0 aliphatic rings. The first-order valence-corrected chi connectivity index (χ1v) is 8.51. The second-order valence-corrected chi connectivity index (χ2v) is 6.28. The SMILES string of the molecule is CC(C)COC(CCN(CCO)CCO)n1nnc2ccccc21. The van der Waals surface area contributed by atoms with Gasteiger partial charge in [0.05, 0.1) is 25.3 Å². The molecule has 0 fully saturated rings. The highest BCUT2D eigenvalue weighted by Gasteiger charge is 2.18. The molecule has 2 rings (SSSR count). The smallest absolute Gasteiger partial charge is 0.153 e. The molecule has 0 saturated heterocycles. The van der Waals surface area contributed by atoms with Crippen molar-refractivity contribution in [1.29, 1.82) is 0 Å². The molecule has 2 N–H and O–H groups in total. The molecule has 1 atom stereocenters. The Labute approximate surface area is 142 Å². The van der Waals surface area contributed by atoms with E-state index >= 15 is 0 Å². The van der Waals surface area contributed by atoms with Crippen molar-refractivity contribution in [1.82, 2.24) is 19.9 Å². The summed E-state index contributed by atoms with van der Waals surface area (Å²) in [7, 11) is 0. The lowest BCUT2D eigenvalue weighted by atomic mass is 10.2. The Hall–Kier alpha value is -1.54. The Kier molecular flexibility index (Phi) is 7.58. The molecule has 134 valence electrons. The van der Waals surface area contributed by atoms with Crippen molar-refractivity contribution in [3.8, 4) is 0 Å². The van der Waals surface area contributed by atoms with E-state index in [0.29, 0.717) is 38.6 Å². The summed E-state index contributed by atoms with van der Waals surface area (Å²) in [5.41, 5.74) is 1.79. The molecule has 7 heteroatoms. The van der Waals surface area contributed by atoms with Gasteiger partial charge in [-0.05, 0) is 18.1 Å². The third-order valence-corrected chi connectivity index (χ3v) is 3.80. The molecular weight excluding hydrogens is 308 g/mol. The zero-order valence-corrected chi connectivity index (χ0v) is 14.5. The van der Waals surface area contributed by atoms with Crippen LogP contribution < -0.4 is 0 Å². The van der Waals surface area contributed by atoms with Crippen molar-refractivity contribution >= 4 is 11.0 Å². The van der Waals surface area contributed by atoms with E-state index in [1.54, 1.807) is 0 Å². The average Bonchev–Trinajstić information content (AvgIpc) is 2.99. The third-order valence-electron chi connectivity index (χ3n) is 3.80. The number of hydrogen-bond donors (Lipinski definition) is 2. The lowest BCUT2D eigenvalue weighted by molar-refractivity contribution is -0.0291. The van der Waals surface area contributed by atoms with Crippen LogP contribution in [0.5, 0.6) is 0 Å². The minimum atomic E-state index is -0.223. The Balaban J connectivity index is 2.12. The van der Waals surface area contributed by atoms with Crippen LogP contribution in [0.15, 0.2) is 24.3 Å². The zero-order chi connectivity index (χ0) is 17.4. The van der Waals surface area contributed by atoms with E-state index in [-0.39, 0.29) is 19.4 Å². The molecule has 1 unspecified atom stereocenters. The van der Waals surface area contributed by atoms with Crippen LogP contribution in [-0.2, 0) is 4.74 Å². The summed E-state index contributed by atoms with van der Waals surface area (Å²) in [4.78, 5) is 2.02. The van der Waals surface area contributed by atoms with Gasteiger partial charge in [-0.15, -0.1) is 5.10 Å². The lowest BCUT2D eigenvalue weighted by Gasteiger charge is -2.25. The molecule has 0 radical (unpaired) electrons. The molecule has 0 aliphatic heterocycles. The Morgan fingerprint density at radius 3 is 2.50 bits per heavy atom. The molecular formula is C17H28N4O3. The molecule has 0 bridgehead atoms. The van der Waals surface area contributed by atoms with Crippen LogP contribution in [0, 0.1) is 5.92 Å². The molecule has 2 aromatic rings. The van der Waals surface area contributed by atoms with Gasteiger partial charge in [0.15, 0.2) is 6.23 Å². The molecule has 1 aromatic carbocycles. The van der Waals surface area contributed by atoms with Gasteiger partial charge in [-0.2, -0.15) is 0 Å². The van der Waals surface area contributed by atoms with Crippen molar-refractivity contribution in [3.05, 3.63) is 24.3 Å². The largest absolute Gasteiger partial charge is 0.395 e. The van der Waals surface area contributed by atoms with Crippen molar-refractivity contribution in [2.45, 2.75) is 26.5 Å². The monoisotopic (exact) mass is 336 g/mol. The third kappa shape index (κ3) is 5.24. The Bertz CT molecular complexity index is 596. The van der Waals surface area contributed by atoms with Crippen LogP contribution >= 0.6 is 0 Å². The number of aliphatic hydroxyl groups is 2. The second-order valence-electron chi connectivity index (χ2n) is 6.28. The predicted molar refractivity (Wildman–Crippen MR) is 92.6 cm³/mol. The minimum absolute atomic E-state index is 0.0732. The van der Waals surface area contributed by atoms with Gasteiger partial charge < -0.3 is 14.9 Å². The highest BCUT2D eigenvalue weighted by molar-refractivity contribution is 5.73. The first-order valence-electron chi connectivity index (χ1n) is 8.51. The van der Waals surface area contributed by atoms with Crippen molar-refractivity contribution < 1.29 is 14.9 Å². The Morgan fingerprint density at radius 1 is 1.12 bits per heavy atom. The van der Waals surface area contributed by atoms with Gasteiger partial charge in [0.2, 0.25) is 0 Å². The van der Waals surface area contributed by atoms with E-state index in [4.69, 9.17) is 14.9 Å². The summed E-state index contributed by atoms with van der Waals surface area (Å²) in [5, 5.41) is 26.8. The molecule has 24 heavy (non-hydrogen) atoms. The normalized spacial score (nSPS) is 13.2. The maximum absolute atomic E-state index is 9.15. The topological polar surface area (TPSA) is 83.6 Å². The number of rotatable bonds is 11. The summed E-state index contributed by atoms with van der Waals surface area (Å²) in [6.45, 7) is 6.79. The number of ether oxygens (including phenoxy) is 1. The van der Waals surface area contributed by atoms with E-state index in [0.717, 1.165) is 11.0 Å². The standard InChI is InChI=1S/C17H28N4O3/c1-14(2)13-24-17(7-8-20(9-11-22)10-12-23)21-16-6-4-3-5-15(16)18-19-21/h3-6,14,17,22-23H,7-13H2,1-2H3. The zero-order valence-electron chi connectivity index (χ0n) is 14.5. The van der Waals surface area contributed by atoms with Crippen LogP contribution in [0.1, 0.15) is 26.5 Å². The number of aromatic nitrogens is 3. The highest BCUT2D eigenvalue weighted by Crippen LogP contribution is 2.20. The fourth-order valence-electron chi connectivity index (χ4n) is 2.59. The van der Waals surface area contributed by atoms with Gasteiger partial charge in [0, 0.05) is 26.1 Å².